The molecule has 1 N–H and O–H groups in total. The Kier molecular flexibility index (Phi) is 6.16. The van der Waals surface area contributed by atoms with E-state index >= 15 is 0 Å². The summed E-state index contributed by atoms with van der Waals surface area (Å²) in [5, 5.41) is 11.3. The molecule has 2 aromatic rings. The van der Waals surface area contributed by atoms with Crippen LogP contribution >= 0.6 is 11.6 Å². The van der Waals surface area contributed by atoms with E-state index in [1.165, 1.54) is 24.2 Å². The molecule has 1 fully saturated rings. The summed E-state index contributed by atoms with van der Waals surface area (Å²) in [5.41, 5.74) is 0.829. The Morgan fingerprint density at radius 1 is 1.43 bits per heavy atom. The minimum atomic E-state index is -3.27. The SMILES string of the molecule is COc1cc(-n2cnnn2)c(Cl)cc1C(=O)N1CCCC(CNS(C)(=O)=O)C1. The molecule has 1 aliphatic heterocycles. The molecule has 0 saturated carbocycles. The van der Waals surface area contributed by atoms with Gasteiger partial charge in [0.05, 0.1) is 29.6 Å². The molecular formula is C16H21ClN6O4S. The van der Waals surface area contributed by atoms with Crippen molar-refractivity contribution < 1.29 is 17.9 Å². The average Bonchev–Trinajstić information content (AvgIpc) is 3.20. The van der Waals surface area contributed by atoms with Crippen LogP contribution in [0.3, 0.4) is 0 Å². The number of piperidine rings is 1. The summed E-state index contributed by atoms with van der Waals surface area (Å²) in [4.78, 5) is 14.8. The van der Waals surface area contributed by atoms with Gasteiger partial charge >= 0.3 is 0 Å². The fourth-order valence-electron chi connectivity index (χ4n) is 3.18. The highest BCUT2D eigenvalue weighted by molar-refractivity contribution is 7.88. The first kappa shape index (κ1) is 20.5. The Morgan fingerprint density at radius 3 is 2.86 bits per heavy atom. The summed E-state index contributed by atoms with van der Waals surface area (Å²) in [6.07, 6.45) is 4.16. The van der Waals surface area contributed by atoms with Crippen molar-refractivity contribution in [1.82, 2.24) is 29.8 Å². The number of sulfonamides is 1. The summed E-state index contributed by atoms with van der Waals surface area (Å²) in [6.45, 7) is 1.35. The molecule has 3 rings (SSSR count). The number of aromatic nitrogens is 4. The molecule has 0 bridgehead atoms. The molecule has 1 atom stereocenters. The number of hydrogen-bond acceptors (Lipinski definition) is 7. The van der Waals surface area contributed by atoms with E-state index in [1.807, 2.05) is 0 Å². The van der Waals surface area contributed by atoms with E-state index in [0.717, 1.165) is 19.1 Å². The Hall–Kier alpha value is -2.24. The van der Waals surface area contributed by atoms with Gasteiger partial charge in [0.15, 0.2) is 0 Å². The van der Waals surface area contributed by atoms with E-state index in [4.69, 9.17) is 16.3 Å². The molecule has 1 aromatic heterocycles. The zero-order chi connectivity index (χ0) is 20.3. The monoisotopic (exact) mass is 428 g/mol. The zero-order valence-electron chi connectivity index (χ0n) is 15.5. The van der Waals surface area contributed by atoms with Crippen LogP contribution in [0.5, 0.6) is 5.75 Å². The van der Waals surface area contributed by atoms with Gasteiger partial charge in [0, 0.05) is 25.7 Å². The van der Waals surface area contributed by atoms with Crippen molar-refractivity contribution in [2.75, 3.05) is 33.0 Å². The van der Waals surface area contributed by atoms with Crippen LogP contribution < -0.4 is 9.46 Å². The fraction of sp³-hybridized carbons (Fsp3) is 0.500. The predicted octanol–water partition coefficient (Wildman–Crippen LogP) is 0.726. The quantitative estimate of drug-likeness (QED) is 0.719. The minimum Gasteiger partial charge on any atom is -0.496 e. The molecular weight excluding hydrogens is 408 g/mol. The largest absolute Gasteiger partial charge is 0.496 e. The number of methoxy groups -OCH3 is 1. The Bertz CT molecular complexity index is 950. The van der Waals surface area contributed by atoms with Crippen LogP contribution in [0.15, 0.2) is 18.5 Å². The van der Waals surface area contributed by atoms with Gasteiger partial charge in [-0.25, -0.2) is 13.1 Å². The highest BCUT2D eigenvalue weighted by Crippen LogP contribution is 2.31. The van der Waals surface area contributed by atoms with Crippen molar-refractivity contribution in [2.24, 2.45) is 5.92 Å². The molecule has 0 radical (unpaired) electrons. The fourth-order valence-corrected chi connectivity index (χ4v) is 3.97. The van der Waals surface area contributed by atoms with Crippen LogP contribution in [0.25, 0.3) is 5.69 Å². The lowest BCUT2D eigenvalue weighted by molar-refractivity contribution is 0.0673. The number of carbonyl (C=O) groups excluding carboxylic acids is 1. The number of benzene rings is 1. The molecule has 28 heavy (non-hydrogen) atoms. The van der Waals surface area contributed by atoms with Crippen LogP contribution in [0, 0.1) is 5.92 Å². The van der Waals surface area contributed by atoms with Gasteiger partial charge in [0.25, 0.3) is 5.91 Å². The third-order valence-electron chi connectivity index (χ3n) is 4.54. The molecule has 2 heterocycles. The third kappa shape index (κ3) is 4.78. The van der Waals surface area contributed by atoms with E-state index in [1.54, 1.807) is 11.0 Å². The lowest BCUT2D eigenvalue weighted by Crippen LogP contribution is -2.43. The number of amides is 1. The number of nitrogens with one attached hydrogen (secondary N) is 1. The third-order valence-corrected chi connectivity index (χ3v) is 5.53. The first-order valence-electron chi connectivity index (χ1n) is 8.63. The maximum atomic E-state index is 13.1. The molecule has 1 unspecified atom stereocenters. The zero-order valence-corrected chi connectivity index (χ0v) is 17.1. The number of hydrogen-bond donors (Lipinski definition) is 1. The van der Waals surface area contributed by atoms with Crippen molar-refractivity contribution in [2.45, 2.75) is 12.8 Å². The molecule has 152 valence electrons. The van der Waals surface area contributed by atoms with Gasteiger partial charge in [0.1, 0.15) is 12.1 Å². The number of likely N-dealkylation sites (tertiary alicyclic amines) is 1. The van der Waals surface area contributed by atoms with E-state index in [0.29, 0.717) is 41.7 Å². The van der Waals surface area contributed by atoms with Gasteiger partial charge in [-0.1, -0.05) is 11.6 Å². The van der Waals surface area contributed by atoms with Gasteiger partial charge in [-0.3, -0.25) is 4.79 Å². The number of ether oxygens (including phenoxy) is 1. The molecule has 0 spiro atoms. The van der Waals surface area contributed by atoms with E-state index in [-0.39, 0.29) is 11.8 Å². The van der Waals surface area contributed by atoms with Crippen molar-refractivity contribution >= 4 is 27.5 Å². The highest BCUT2D eigenvalue weighted by atomic mass is 35.5. The second-order valence-corrected chi connectivity index (χ2v) is 8.88. The van der Waals surface area contributed by atoms with E-state index in [9.17, 15) is 13.2 Å². The molecule has 12 heteroatoms. The van der Waals surface area contributed by atoms with Crippen molar-refractivity contribution in [1.29, 1.82) is 0 Å². The molecule has 10 nitrogen and oxygen atoms in total. The summed E-state index contributed by atoms with van der Waals surface area (Å²) in [5.74, 6) is 0.191. The maximum absolute atomic E-state index is 13.1. The van der Waals surface area contributed by atoms with Gasteiger partial charge in [-0.15, -0.1) is 5.10 Å². The van der Waals surface area contributed by atoms with Gasteiger partial charge in [-0.05, 0) is 35.3 Å². The highest BCUT2D eigenvalue weighted by Gasteiger charge is 2.27. The van der Waals surface area contributed by atoms with E-state index in [2.05, 4.69) is 20.2 Å². The molecule has 1 saturated heterocycles. The predicted molar refractivity (Wildman–Crippen MR) is 102 cm³/mol. The molecule has 1 aliphatic rings. The number of carbonyl (C=O) groups is 1. The Labute approximate surface area is 167 Å². The Balaban J connectivity index is 1.80. The van der Waals surface area contributed by atoms with Crippen molar-refractivity contribution in [3.63, 3.8) is 0 Å². The van der Waals surface area contributed by atoms with E-state index < -0.39 is 10.0 Å². The van der Waals surface area contributed by atoms with Crippen molar-refractivity contribution in [3.05, 3.63) is 29.0 Å². The molecule has 0 aliphatic carbocycles. The first-order chi connectivity index (χ1) is 13.3. The molecule has 1 aromatic carbocycles. The number of nitrogens with zero attached hydrogens (tertiary/aromatic N) is 5. The summed E-state index contributed by atoms with van der Waals surface area (Å²) in [6, 6.07) is 3.15. The van der Waals surface area contributed by atoms with Crippen LogP contribution in [0.1, 0.15) is 23.2 Å². The van der Waals surface area contributed by atoms with Crippen LogP contribution in [-0.2, 0) is 10.0 Å². The normalized spacial score (nSPS) is 17.5. The number of rotatable bonds is 6. The second kappa shape index (κ2) is 8.41. The standard InChI is InChI=1S/C16H21ClN6O4S/c1-27-15-7-14(23-10-18-20-21-23)13(17)6-12(15)16(24)22-5-3-4-11(9-22)8-19-28(2,25)26/h6-7,10-11,19H,3-5,8-9H2,1-2H3. The number of halogens is 1. The maximum Gasteiger partial charge on any atom is 0.257 e. The Morgan fingerprint density at radius 2 is 2.21 bits per heavy atom. The average molecular weight is 429 g/mol. The summed E-state index contributed by atoms with van der Waals surface area (Å²) in [7, 11) is -1.79. The van der Waals surface area contributed by atoms with Crippen LogP contribution in [0.4, 0.5) is 0 Å². The first-order valence-corrected chi connectivity index (χ1v) is 10.9. The van der Waals surface area contributed by atoms with Gasteiger partial charge in [-0.2, -0.15) is 4.68 Å². The minimum absolute atomic E-state index is 0.0504. The van der Waals surface area contributed by atoms with Gasteiger partial charge < -0.3 is 9.64 Å². The van der Waals surface area contributed by atoms with Gasteiger partial charge in [0.2, 0.25) is 10.0 Å². The number of tetrazole rings is 1. The lowest BCUT2D eigenvalue weighted by Gasteiger charge is -2.33. The lowest BCUT2D eigenvalue weighted by atomic mass is 9.97. The van der Waals surface area contributed by atoms with Crippen LogP contribution in [0.2, 0.25) is 5.02 Å². The smallest absolute Gasteiger partial charge is 0.257 e. The summed E-state index contributed by atoms with van der Waals surface area (Å²) >= 11 is 6.34. The van der Waals surface area contributed by atoms with Crippen molar-refractivity contribution in [3.8, 4) is 11.4 Å². The molecule has 1 amide bonds. The topological polar surface area (TPSA) is 119 Å². The second-order valence-electron chi connectivity index (χ2n) is 6.64. The van der Waals surface area contributed by atoms with Crippen LogP contribution in [-0.4, -0.2) is 72.4 Å². The summed E-state index contributed by atoms with van der Waals surface area (Å²) < 4.78 is 31.9.